The largest absolute Gasteiger partial charge is 0.372 e. The summed E-state index contributed by atoms with van der Waals surface area (Å²) in [5, 5.41) is 10.8. The van der Waals surface area contributed by atoms with Gasteiger partial charge in [0.25, 0.3) is 0 Å². The van der Waals surface area contributed by atoms with Crippen molar-refractivity contribution in [3.63, 3.8) is 0 Å². The van der Waals surface area contributed by atoms with Crippen molar-refractivity contribution >= 4 is 45.9 Å². The minimum atomic E-state index is -1.19. The van der Waals surface area contributed by atoms with E-state index in [0.29, 0.717) is 17.8 Å². The molecule has 0 aliphatic carbocycles. The molecule has 0 radical (unpaired) electrons. The number of nitrogens with zero attached hydrogens (tertiary/aromatic N) is 2. The first-order chi connectivity index (χ1) is 12.1. The average Bonchev–Trinajstić information content (AvgIpc) is 2.63. The molecule has 3 amide bonds. The van der Waals surface area contributed by atoms with Crippen molar-refractivity contribution in [2.24, 2.45) is 5.92 Å². The molecule has 25 heavy (non-hydrogen) atoms. The summed E-state index contributed by atoms with van der Waals surface area (Å²) in [6.45, 7) is 1.97. The van der Waals surface area contributed by atoms with Crippen LogP contribution in [0.25, 0.3) is 0 Å². The van der Waals surface area contributed by atoms with Crippen LogP contribution in [-0.4, -0.2) is 27.2 Å². The maximum atomic E-state index is 13.1. The lowest BCUT2D eigenvalue weighted by Crippen LogP contribution is -2.64. The van der Waals surface area contributed by atoms with Crippen molar-refractivity contribution in [2.45, 2.75) is 23.5 Å². The summed E-state index contributed by atoms with van der Waals surface area (Å²) in [6, 6.07) is 17.3. The highest BCUT2D eigenvalue weighted by molar-refractivity contribution is 14.1. The number of para-hydroxylation sites is 2. The smallest absolute Gasteiger partial charge is 0.337 e. The highest BCUT2D eigenvalue weighted by Gasteiger charge is 2.49. The molecule has 5 nitrogen and oxygen atoms in total. The van der Waals surface area contributed by atoms with Gasteiger partial charge in [-0.1, -0.05) is 65.9 Å². The van der Waals surface area contributed by atoms with E-state index in [1.807, 2.05) is 19.1 Å². The second-order valence-electron chi connectivity index (χ2n) is 5.86. The van der Waals surface area contributed by atoms with Gasteiger partial charge in [0, 0.05) is 9.61 Å². The molecule has 6 heteroatoms. The van der Waals surface area contributed by atoms with Crippen LogP contribution >= 0.6 is 22.6 Å². The van der Waals surface area contributed by atoms with Gasteiger partial charge in [-0.15, -0.1) is 0 Å². The van der Waals surface area contributed by atoms with Crippen molar-refractivity contribution < 1.29 is 14.7 Å². The van der Waals surface area contributed by atoms with Gasteiger partial charge in [-0.25, -0.2) is 9.69 Å². The number of carbonyl (C=O) groups excluding carboxylic acids is 2. The van der Waals surface area contributed by atoms with E-state index >= 15 is 0 Å². The first-order valence-corrected chi connectivity index (χ1v) is 9.40. The van der Waals surface area contributed by atoms with Crippen molar-refractivity contribution in [3.8, 4) is 0 Å². The Balaban J connectivity index is 2.10. The SMILES string of the molecule is CCC(I)C1C(=O)N(c2ccccc2)C(=O)N(c2ccccc2)C1O. The summed E-state index contributed by atoms with van der Waals surface area (Å²) in [7, 11) is 0. The number of amides is 3. The number of alkyl halides is 1. The quantitative estimate of drug-likeness (QED) is 0.570. The first-order valence-electron chi connectivity index (χ1n) is 8.15. The summed E-state index contributed by atoms with van der Waals surface area (Å²) in [4.78, 5) is 28.6. The zero-order chi connectivity index (χ0) is 18.0. The van der Waals surface area contributed by atoms with Gasteiger partial charge in [-0.2, -0.15) is 0 Å². The van der Waals surface area contributed by atoms with Gasteiger partial charge in [0.2, 0.25) is 5.91 Å². The summed E-state index contributed by atoms with van der Waals surface area (Å²) >= 11 is 2.18. The molecule has 0 bridgehead atoms. The zero-order valence-corrected chi connectivity index (χ0v) is 15.9. The Morgan fingerprint density at radius 3 is 2.04 bits per heavy atom. The van der Waals surface area contributed by atoms with Gasteiger partial charge in [0.15, 0.2) is 0 Å². The van der Waals surface area contributed by atoms with Gasteiger partial charge in [-0.3, -0.25) is 9.69 Å². The van der Waals surface area contributed by atoms with Crippen LogP contribution in [0.1, 0.15) is 13.3 Å². The summed E-state index contributed by atoms with van der Waals surface area (Å²) in [5.74, 6) is -1.05. The highest BCUT2D eigenvalue weighted by Crippen LogP contribution is 2.35. The molecule has 3 rings (SSSR count). The van der Waals surface area contributed by atoms with Gasteiger partial charge >= 0.3 is 6.03 Å². The van der Waals surface area contributed by atoms with Crippen molar-refractivity contribution in [1.29, 1.82) is 0 Å². The Labute approximate surface area is 160 Å². The molecule has 1 saturated heterocycles. The second-order valence-corrected chi connectivity index (χ2v) is 7.46. The van der Waals surface area contributed by atoms with Crippen LogP contribution in [0.4, 0.5) is 16.2 Å². The minimum Gasteiger partial charge on any atom is -0.372 e. The number of aliphatic hydroxyl groups is 1. The van der Waals surface area contributed by atoms with Crippen LogP contribution in [0.3, 0.4) is 0 Å². The van der Waals surface area contributed by atoms with Crippen LogP contribution in [0.5, 0.6) is 0 Å². The third-order valence-corrected chi connectivity index (χ3v) is 5.97. The van der Waals surface area contributed by atoms with Gasteiger partial charge < -0.3 is 5.11 Å². The summed E-state index contributed by atoms with van der Waals surface area (Å²) in [6.07, 6.45) is -0.475. The molecule has 0 saturated carbocycles. The van der Waals surface area contributed by atoms with E-state index in [-0.39, 0.29) is 9.83 Å². The summed E-state index contributed by atoms with van der Waals surface area (Å²) < 4.78 is -0.0920. The third kappa shape index (κ3) is 3.28. The lowest BCUT2D eigenvalue weighted by molar-refractivity contribution is -0.126. The Morgan fingerprint density at radius 2 is 1.52 bits per heavy atom. The number of rotatable bonds is 4. The lowest BCUT2D eigenvalue weighted by atomic mass is 9.95. The number of anilines is 2. The molecular formula is C19H19IN2O3. The minimum absolute atomic E-state index is 0.0920. The van der Waals surface area contributed by atoms with Crippen molar-refractivity contribution in [1.82, 2.24) is 0 Å². The topological polar surface area (TPSA) is 60.9 Å². The van der Waals surface area contributed by atoms with Crippen LogP contribution in [0, 0.1) is 5.92 Å². The number of benzene rings is 2. The predicted molar refractivity (Wildman–Crippen MR) is 106 cm³/mol. The van der Waals surface area contributed by atoms with E-state index in [1.165, 1.54) is 9.80 Å². The number of halogens is 1. The second kappa shape index (κ2) is 7.53. The Morgan fingerprint density at radius 1 is 1.00 bits per heavy atom. The number of urea groups is 1. The predicted octanol–water partition coefficient (Wildman–Crippen LogP) is 3.81. The normalized spacial score (nSPS) is 22.2. The molecule has 1 aliphatic heterocycles. The summed E-state index contributed by atoms with van der Waals surface area (Å²) in [5.41, 5.74) is 1.08. The first kappa shape index (κ1) is 17.9. The lowest BCUT2D eigenvalue weighted by Gasteiger charge is -2.43. The Hall–Kier alpha value is -1.93. The molecule has 1 N–H and O–H groups in total. The Kier molecular flexibility index (Phi) is 5.39. The van der Waals surface area contributed by atoms with Gasteiger partial charge in [0.05, 0.1) is 11.6 Å². The molecule has 0 spiro atoms. The van der Waals surface area contributed by atoms with Gasteiger partial charge in [-0.05, 0) is 30.7 Å². The molecule has 3 atom stereocenters. The third-order valence-electron chi connectivity index (χ3n) is 4.32. The van der Waals surface area contributed by atoms with E-state index < -0.39 is 18.2 Å². The Bertz CT molecular complexity index is 754. The molecule has 2 aromatic carbocycles. The maximum absolute atomic E-state index is 13.1. The van der Waals surface area contributed by atoms with Crippen LogP contribution in [0.15, 0.2) is 60.7 Å². The molecule has 3 unspecified atom stereocenters. The highest BCUT2D eigenvalue weighted by atomic mass is 127. The molecule has 1 fully saturated rings. The zero-order valence-electron chi connectivity index (χ0n) is 13.7. The fourth-order valence-electron chi connectivity index (χ4n) is 3.01. The molecular weight excluding hydrogens is 431 g/mol. The number of imide groups is 1. The number of carbonyl (C=O) groups is 2. The van der Waals surface area contributed by atoms with Crippen molar-refractivity contribution in [2.75, 3.05) is 9.80 Å². The van der Waals surface area contributed by atoms with E-state index in [1.54, 1.807) is 48.5 Å². The van der Waals surface area contributed by atoms with Crippen LogP contribution in [-0.2, 0) is 4.79 Å². The molecule has 130 valence electrons. The average molecular weight is 450 g/mol. The van der Waals surface area contributed by atoms with E-state index in [4.69, 9.17) is 0 Å². The number of aliphatic hydroxyl groups excluding tert-OH is 1. The van der Waals surface area contributed by atoms with Gasteiger partial charge in [0.1, 0.15) is 6.23 Å². The number of hydrogen-bond acceptors (Lipinski definition) is 3. The monoisotopic (exact) mass is 450 g/mol. The molecule has 1 aliphatic rings. The van der Waals surface area contributed by atoms with E-state index in [0.717, 1.165) is 0 Å². The van der Waals surface area contributed by atoms with Crippen LogP contribution in [0.2, 0.25) is 0 Å². The molecule has 2 aromatic rings. The fourth-order valence-corrected chi connectivity index (χ4v) is 3.69. The fraction of sp³-hybridized carbons (Fsp3) is 0.263. The van der Waals surface area contributed by atoms with E-state index in [2.05, 4.69) is 22.6 Å². The van der Waals surface area contributed by atoms with E-state index in [9.17, 15) is 14.7 Å². The molecule has 0 aromatic heterocycles. The maximum Gasteiger partial charge on any atom is 0.337 e. The van der Waals surface area contributed by atoms with Crippen LogP contribution < -0.4 is 9.80 Å². The van der Waals surface area contributed by atoms with Crippen molar-refractivity contribution in [3.05, 3.63) is 60.7 Å². The number of hydrogen-bond donors (Lipinski definition) is 1. The molecule has 1 heterocycles. The standard InChI is InChI=1S/C19H19IN2O3/c1-2-15(20)16-17(23)21(13-9-5-3-6-10-13)19(25)22(18(16)24)14-11-7-4-8-12-14/h3-12,15-17,23H,2H2,1H3.